The lowest BCUT2D eigenvalue weighted by Gasteiger charge is -2.21. The van der Waals surface area contributed by atoms with Crippen molar-refractivity contribution in [2.75, 3.05) is 18.4 Å². The average molecular weight is 249 g/mol. The van der Waals surface area contributed by atoms with Gasteiger partial charge in [0.25, 0.3) is 0 Å². The molecular weight excluding hydrogens is 222 g/mol. The van der Waals surface area contributed by atoms with E-state index in [0.717, 1.165) is 25.2 Å². The molecule has 3 nitrogen and oxygen atoms in total. The molecule has 0 fully saturated rings. The van der Waals surface area contributed by atoms with E-state index in [9.17, 15) is 0 Å². The molecule has 0 radical (unpaired) electrons. The van der Waals surface area contributed by atoms with E-state index >= 15 is 0 Å². The quantitative estimate of drug-likeness (QED) is 0.760. The first kappa shape index (κ1) is 15.0. The van der Waals surface area contributed by atoms with E-state index in [1.165, 1.54) is 16.9 Å². The highest BCUT2D eigenvalue weighted by molar-refractivity contribution is 5.56. The molecule has 0 saturated carbocycles. The minimum atomic E-state index is 0.456. The molecule has 1 aromatic rings. The monoisotopic (exact) mass is 249 g/mol. The Morgan fingerprint density at radius 2 is 1.89 bits per heavy atom. The molecule has 3 heteroatoms. The molecule has 1 aromatic heterocycles. The summed E-state index contributed by atoms with van der Waals surface area (Å²) in [7, 11) is 0. The van der Waals surface area contributed by atoms with Gasteiger partial charge in [0.1, 0.15) is 0 Å². The van der Waals surface area contributed by atoms with Gasteiger partial charge in [-0.05, 0) is 43.4 Å². The Labute approximate surface area is 111 Å². The molecule has 0 aromatic carbocycles. The van der Waals surface area contributed by atoms with Crippen LogP contribution < -0.4 is 11.1 Å². The van der Waals surface area contributed by atoms with Gasteiger partial charge in [-0.2, -0.15) is 0 Å². The summed E-state index contributed by atoms with van der Waals surface area (Å²) >= 11 is 0. The molecule has 1 heterocycles. The summed E-state index contributed by atoms with van der Waals surface area (Å²) in [4.78, 5) is 4.72. The van der Waals surface area contributed by atoms with Crippen LogP contribution in [0, 0.1) is 6.92 Å². The van der Waals surface area contributed by atoms with Crippen LogP contribution in [0.25, 0.3) is 0 Å². The van der Waals surface area contributed by atoms with E-state index in [4.69, 9.17) is 10.7 Å². The number of hydrogen-bond donors (Lipinski definition) is 2. The largest absolute Gasteiger partial charge is 0.385 e. The van der Waals surface area contributed by atoms with Crippen LogP contribution in [0.15, 0.2) is 6.07 Å². The molecule has 3 N–H and O–H groups in total. The number of rotatable bonds is 6. The molecule has 0 aliphatic heterocycles. The Bertz CT molecular complexity index is 384. The molecule has 0 spiro atoms. The summed E-state index contributed by atoms with van der Waals surface area (Å²) in [5.74, 6) is 0.938. The molecule has 0 aliphatic carbocycles. The number of aromatic nitrogens is 1. The van der Waals surface area contributed by atoms with Crippen LogP contribution in [-0.2, 0) is 0 Å². The topological polar surface area (TPSA) is 50.9 Å². The summed E-state index contributed by atoms with van der Waals surface area (Å²) in [5.41, 5.74) is 10.4. The fourth-order valence-corrected chi connectivity index (χ4v) is 2.23. The highest BCUT2D eigenvalue weighted by atomic mass is 14.9. The number of nitrogens with one attached hydrogen (secondary N) is 1. The number of nitrogens with two attached hydrogens (primary N) is 1. The Morgan fingerprint density at radius 3 is 2.39 bits per heavy atom. The van der Waals surface area contributed by atoms with Crippen molar-refractivity contribution in [2.24, 2.45) is 5.73 Å². The summed E-state index contributed by atoms with van der Waals surface area (Å²) < 4.78 is 0. The molecule has 18 heavy (non-hydrogen) atoms. The molecular formula is C15H27N3. The second-order valence-electron chi connectivity index (χ2n) is 5.49. The Balaban J connectivity index is 3.13. The van der Waals surface area contributed by atoms with E-state index in [1.54, 1.807) is 0 Å². The number of pyridine rings is 1. The molecule has 0 aliphatic rings. The molecule has 0 atom stereocenters. The number of hydrogen-bond acceptors (Lipinski definition) is 3. The smallest absolute Gasteiger partial charge is 0.0487 e. The van der Waals surface area contributed by atoms with E-state index in [-0.39, 0.29) is 0 Å². The molecule has 0 bridgehead atoms. The fraction of sp³-hybridized carbons (Fsp3) is 0.667. The zero-order chi connectivity index (χ0) is 13.7. The van der Waals surface area contributed by atoms with Crippen LogP contribution in [0.2, 0.25) is 0 Å². The van der Waals surface area contributed by atoms with Gasteiger partial charge in [-0.1, -0.05) is 27.7 Å². The van der Waals surface area contributed by atoms with Crippen LogP contribution in [0.1, 0.15) is 62.9 Å². The van der Waals surface area contributed by atoms with Crippen LogP contribution in [-0.4, -0.2) is 18.1 Å². The lowest BCUT2D eigenvalue weighted by molar-refractivity contribution is 0.751. The second-order valence-corrected chi connectivity index (χ2v) is 5.49. The van der Waals surface area contributed by atoms with Gasteiger partial charge in [0, 0.05) is 23.6 Å². The Kier molecular flexibility index (Phi) is 5.60. The average Bonchev–Trinajstić information content (AvgIpc) is 2.27. The predicted octanol–water partition coefficient (Wildman–Crippen LogP) is 3.40. The molecule has 1 rings (SSSR count). The summed E-state index contributed by atoms with van der Waals surface area (Å²) in [6.07, 6.45) is 0.996. The van der Waals surface area contributed by atoms with Crippen molar-refractivity contribution >= 4 is 5.69 Å². The van der Waals surface area contributed by atoms with Crippen molar-refractivity contribution in [3.05, 3.63) is 23.0 Å². The van der Waals surface area contributed by atoms with Gasteiger partial charge in [0.05, 0.1) is 0 Å². The maximum absolute atomic E-state index is 5.55. The Hall–Kier alpha value is -1.09. The predicted molar refractivity (Wildman–Crippen MR) is 79.3 cm³/mol. The molecule has 0 amide bonds. The third-order valence-electron chi connectivity index (χ3n) is 3.04. The summed E-state index contributed by atoms with van der Waals surface area (Å²) in [6.45, 7) is 12.6. The van der Waals surface area contributed by atoms with Gasteiger partial charge in [-0.3, -0.25) is 4.98 Å². The van der Waals surface area contributed by atoms with E-state index in [0.29, 0.717) is 11.8 Å². The van der Waals surface area contributed by atoms with Crippen LogP contribution in [0.3, 0.4) is 0 Å². The first-order valence-electron chi connectivity index (χ1n) is 6.92. The van der Waals surface area contributed by atoms with Crippen LogP contribution in [0.5, 0.6) is 0 Å². The van der Waals surface area contributed by atoms with Crippen LogP contribution >= 0.6 is 0 Å². The van der Waals surface area contributed by atoms with Crippen LogP contribution in [0.4, 0.5) is 5.69 Å². The van der Waals surface area contributed by atoms with Gasteiger partial charge in [0.2, 0.25) is 0 Å². The summed E-state index contributed by atoms with van der Waals surface area (Å²) in [6, 6.07) is 2.15. The van der Waals surface area contributed by atoms with Gasteiger partial charge >= 0.3 is 0 Å². The number of aryl methyl sites for hydroxylation is 1. The highest BCUT2D eigenvalue weighted by Gasteiger charge is 2.16. The van der Waals surface area contributed by atoms with Crippen molar-refractivity contribution < 1.29 is 0 Å². The van der Waals surface area contributed by atoms with Crippen molar-refractivity contribution in [1.82, 2.24) is 4.98 Å². The minimum Gasteiger partial charge on any atom is -0.385 e. The highest BCUT2D eigenvalue weighted by Crippen LogP contribution is 2.31. The fourth-order valence-electron chi connectivity index (χ4n) is 2.23. The summed E-state index contributed by atoms with van der Waals surface area (Å²) in [5, 5.41) is 3.51. The van der Waals surface area contributed by atoms with Gasteiger partial charge in [0.15, 0.2) is 0 Å². The van der Waals surface area contributed by atoms with Crippen molar-refractivity contribution in [3.8, 4) is 0 Å². The Morgan fingerprint density at radius 1 is 1.22 bits per heavy atom. The maximum atomic E-state index is 5.55. The maximum Gasteiger partial charge on any atom is 0.0487 e. The third-order valence-corrected chi connectivity index (χ3v) is 3.04. The number of anilines is 1. The van der Waals surface area contributed by atoms with E-state index in [1.807, 2.05) is 0 Å². The zero-order valence-corrected chi connectivity index (χ0v) is 12.4. The van der Waals surface area contributed by atoms with Gasteiger partial charge < -0.3 is 11.1 Å². The second kappa shape index (κ2) is 6.74. The molecule has 102 valence electrons. The first-order valence-corrected chi connectivity index (χ1v) is 6.92. The van der Waals surface area contributed by atoms with Gasteiger partial charge in [-0.15, -0.1) is 0 Å². The normalized spacial score (nSPS) is 11.3. The number of nitrogens with zero attached hydrogens (tertiary/aromatic N) is 1. The molecule has 0 unspecified atom stereocenters. The minimum absolute atomic E-state index is 0.456. The van der Waals surface area contributed by atoms with E-state index < -0.39 is 0 Å². The van der Waals surface area contributed by atoms with Gasteiger partial charge in [-0.25, -0.2) is 0 Å². The molecule has 0 saturated heterocycles. The lowest BCUT2D eigenvalue weighted by atomic mass is 9.93. The van der Waals surface area contributed by atoms with E-state index in [2.05, 4.69) is 46.0 Å². The lowest BCUT2D eigenvalue weighted by Crippen LogP contribution is -2.13. The van der Waals surface area contributed by atoms with Crippen molar-refractivity contribution in [2.45, 2.75) is 52.9 Å². The zero-order valence-electron chi connectivity index (χ0n) is 12.4. The van der Waals surface area contributed by atoms with Crippen molar-refractivity contribution in [3.63, 3.8) is 0 Å². The standard InChI is InChI=1S/C15H27N3/c1-10(2)14-13(17-8-6-7-16)9-12(5)18-15(14)11(3)4/h9-11H,6-8,16H2,1-5H3,(H,17,18). The first-order chi connectivity index (χ1) is 8.47. The van der Waals surface area contributed by atoms with Crippen molar-refractivity contribution in [1.29, 1.82) is 0 Å². The third kappa shape index (κ3) is 3.70. The SMILES string of the molecule is Cc1cc(NCCCN)c(C(C)C)c(C(C)C)n1.